The Balaban J connectivity index is 1.92. The van der Waals surface area contributed by atoms with E-state index < -0.39 is 0 Å². The Bertz CT molecular complexity index is 550. The number of thioether (sulfide) groups is 1. The minimum Gasteiger partial charge on any atom is -0.383 e. The summed E-state index contributed by atoms with van der Waals surface area (Å²) in [6, 6.07) is 6.64. The molecular formula is C13H16FN3OS2. The maximum absolute atomic E-state index is 13.2. The van der Waals surface area contributed by atoms with Crippen molar-refractivity contribution in [2.75, 3.05) is 25.6 Å². The first-order valence-corrected chi connectivity index (χ1v) is 7.87. The van der Waals surface area contributed by atoms with Crippen molar-refractivity contribution in [1.82, 2.24) is 10.2 Å². The molecule has 1 atom stereocenters. The van der Waals surface area contributed by atoms with E-state index in [0.29, 0.717) is 13.2 Å². The van der Waals surface area contributed by atoms with E-state index in [1.54, 1.807) is 31.0 Å². The van der Waals surface area contributed by atoms with Crippen molar-refractivity contribution in [2.24, 2.45) is 0 Å². The summed E-state index contributed by atoms with van der Waals surface area (Å²) in [4.78, 5) is 0. The van der Waals surface area contributed by atoms with Crippen LogP contribution in [0, 0.1) is 5.82 Å². The van der Waals surface area contributed by atoms with Crippen LogP contribution < -0.4 is 5.32 Å². The van der Waals surface area contributed by atoms with E-state index in [9.17, 15) is 4.39 Å². The van der Waals surface area contributed by atoms with Gasteiger partial charge in [-0.15, -0.1) is 10.2 Å². The van der Waals surface area contributed by atoms with Gasteiger partial charge in [-0.3, -0.25) is 0 Å². The molecule has 0 aliphatic carbocycles. The Morgan fingerprint density at radius 1 is 1.45 bits per heavy atom. The number of anilines is 1. The summed E-state index contributed by atoms with van der Waals surface area (Å²) >= 11 is 3.06. The molecule has 0 saturated carbocycles. The number of ether oxygens (including phenoxy) is 1. The van der Waals surface area contributed by atoms with Gasteiger partial charge < -0.3 is 10.1 Å². The molecule has 2 rings (SSSR count). The van der Waals surface area contributed by atoms with E-state index in [0.717, 1.165) is 15.0 Å². The van der Waals surface area contributed by atoms with Crippen molar-refractivity contribution in [1.29, 1.82) is 0 Å². The summed E-state index contributed by atoms with van der Waals surface area (Å²) in [5.41, 5.74) is 0.944. The highest BCUT2D eigenvalue weighted by Crippen LogP contribution is 2.37. The van der Waals surface area contributed by atoms with Gasteiger partial charge in [0, 0.05) is 18.9 Å². The number of nitrogens with zero attached hydrogens (tertiary/aromatic N) is 2. The van der Waals surface area contributed by atoms with Crippen LogP contribution in [0.1, 0.15) is 17.7 Å². The van der Waals surface area contributed by atoms with Gasteiger partial charge in [0.25, 0.3) is 0 Å². The number of hydrogen-bond donors (Lipinski definition) is 1. The SMILES string of the molecule is COCCNc1nnc(SC(C)c2cccc(F)c2)s1. The van der Waals surface area contributed by atoms with E-state index in [4.69, 9.17) is 4.74 Å². The fourth-order valence-electron chi connectivity index (χ4n) is 1.57. The molecule has 0 fully saturated rings. The summed E-state index contributed by atoms with van der Waals surface area (Å²) in [7, 11) is 1.66. The highest BCUT2D eigenvalue weighted by atomic mass is 32.2. The number of benzene rings is 1. The molecule has 7 heteroatoms. The first-order chi connectivity index (χ1) is 9.69. The number of aromatic nitrogens is 2. The van der Waals surface area contributed by atoms with Crippen LogP contribution in [0.25, 0.3) is 0 Å². The Morgan fingerprint density at radius 3 is 3.05 bits per heavy atom. The lowest BCUT2D eigenvalue weighted by atomic mass is 10.2. The average Bonchev–Trinajstić information content (AvgIpc) is 2.86. The van der Waals surface area contributed by atoms with Crippen LogP contribution >= 0.6 is 23.1 Å². The Kier molecular flexibility index (Phi) is 5.75. The van der Waals surface area contributed by atoms with E-state index in [-0.39, 0.29) is 11.1 Å². The predicted octanol–water partition coefficient (Wildman–Crippen LogP) is 3.59. The number of rotatable bonds is 7. The van der Waals surface area contributed by atoms with Crippen LogP contribution in [0.5, 0.6) is 0 Å². The van der Waals surface area contributed by atoms with Crippen molar-refractivity contribution < 1.29 is 9.13 Å². The lowest BCUT2D eigenvalue weighted by Gasteiger charge is -2.08. The molecule has 1 N–H and O–H groups in total. The standard InChI is InChI=1S/C13H16FN3OS2/c1-9(10-4-3-5-11(14)8-10)19-13-17-16-12(20-13)15-6-7-18-2/h3-5,8-9H,6-7H2,1-2H3,(H,15,16). The minimum absolute atomic E-state index is 0.130. The molecule has 0 spiro atoms. The molecule has 1 aromatic carbocycles. The third-order valence-electron chi connectivity index (χ3n) is 2.58. The second-order valence-corrected chi connectivity index (χ2v) is 6.67. The maximum atomic E-state index is 13.2. The van der Waals surface area contributed by atoms with Crippen molar-refractivity contribution >= 4 is 28.2 Å². The minimum atomic E-state index is -0.214. The number of halogens is 1. The zero-order chi connectivity index (χ0) is 14.4. The summed E-state index contributed by atoms with van der Waals surface area (Å²) in [5.74, 6) is -0.214. The zero-order valence-electron chi connectivity index (χ0n) is 11.3. The molecule has 0 amide bonds. The van der Waals surface area contributed by atoms with E-state index >= 15 is 0 Å². The molecule has 1 aromatic heterocycles. The lowest BCUT2D eigenvalue weighted by molar-refractivity contribution is 0.211. The topological polar surface area (TPSA) is 47.0 Å². The molecule has 0 bridgehead atoms. The van der Waals surface area contributed by atoms with Gasteiger partial charge in [-0.1, -0.05) is 35.2 Å². The highest BCUT2D eigenvalue weighted by molar-refractivity contribution is 8.01. The van der Waals surface area contributed by atoms with Crippen LogP contribution in [0.15, 0.2) is 28.6 Å². The van der Waals surface area contributed by atoms with E-state index in [2.05, 4.69) is 15.5 Å². The fourth-order valence-corrected chi connectivity index (χ4v) is 3.61. The van der Waals surface area contributed by atoms with Crippen molar-refractivity contribution in [3.8, 4) is 0 Å². The summed E-state index contributed by atoms with van der Waals surface area (Å²) in [6.07, 6.45) is 0. The molecule has 1 unspecified atom stereocenters. The van der Waals surface area contributed by atoms with Gasteiger partial charge in [0.2, 0.25) is 5.13 Å². The molecular weight excluding hydrogens is 297 g/mol. The second-order valence-electron chi connectivity index (χ2n) is 4.11. The number of hydrogen-bond acceptors (Lipinski definition) is 6. The van der Waals surface area contributed by atoms with Gasteiger partial charge in [0.1, 0.15) is 5.82 Å². The average molecular weight is 313 g/mol. The molecule has 0 saturated heterocycles. The van der Waals surface area contributed by atoms with Crippen LogP contribution in [-0.2, 0) is 4.74 Å². The summed E-state index contributed by atoms with van der Waals surface area (Å²) in [6.45, 7) is 3.36. The molecule has 0 aliphatic rings. The van der Waals surface area contributed by atoms with Crippen LogP contribution in [-0.4, -0.2) is 30.5 Å². The van der Waals surface area contributed by atoms with Crippen molar-refractivity contribution in [2.45, 2.75) is 16.5 Å². The number of nitrogens with one attached hydrogen (secondary N) is 1. The summed E-state index contributed by atoms with van der Waals surface area (Å²) in [5, 5.41) is 12.2. The molecule has 0 radical (unpaired) electrons. The lowest BCUT2D eigenvalue weighted by Crippen LogP contribution is -2.06. The molecule has 2 aromatic rings. The first kappa shape index (κ1) is 15.2. The van der Waals surface area contributed by atoms with Gasteiger partial charge in [0.15, 0.2) is 4.34 Å². The zero-order valence-corrected chi connectivity index (χ0v) is 12.9. The Hall–Kier alpha value is -1.18. The third-order valence-corrected chi connectivity index (χ3v) is 4.71. The second kappa shape index (κ2) is 7.56. The molecule has 108 valence electrons. The fraction of sp³-hybridized carbons (Fsp3) is 0.385. The van der Waals surface area contributed by atoms with Crippen LogP contribution in [0.4, 0.5) is 9.52 Å². The molecule has 20 heavy (non-hydrogen) atoms. The van der Waals surface area contributed by atoms with E-state index in [1.165, 1.54) is 17.4 Å². The summed E-state index contributed by atoms with van der Waals surface area (Å²) < 4.78 is 19.0. The van der Waals surface area contributed by atoms with E-state index in [1.807, 2.05) is 13.0 Å². The van der Waals surface area contributed by atoms with Gasteiger partial charge >= 0.3 is 0 Å². The molecule has 1 heterocycles. The monoisotopic (exact) mass is 313 g/mol. The highest BCUT2D eigenvalue weighted by Gasteiger charge is 2.12. The predicted molar refractivity (Wildman–Crippen MR) is 80.9 cm³/mol. The quantitative estimate of drug-likeness (QED) is 0.625. The van der Waals surface area contributed by atoms with Crippen molar-refractivity contribution in [3.63, 3.8) is 0 Å². The Morgan fingerprint density at radius 2 is 2.30 bits per heavy atom. The smallest absolute Gasteiger partial charge is 0.206 e. The Labute approximate surface area is 125 Å². The first-order valence-electron chi connectivity index (χ1n) is 6.17. The third kappa shape index (κ3) is 4.43. The van der Waals surface area contributed by atoms with Gasteiger partial charge in [-0.25, -0.2) is 4.39 Å². The van der Waals surface area contributed by atoms with Gasteiger partial charge in [-0.2, -0.15) is 0 Å². The maximum Gasteiger partial charge on any atom is 0.206 e. The van der Waals surface area contributed by atoms with Gasteiger partial charge in [0.05, 0.1) is 6.61 Å². The molecule has 4 nitrogen and oxygen atoms in total. The van der Waals surface area contributed by atoms with Crippen molar-refractivity contribution in [3.05, 3.63) is 35.6 Å². The molecule has 0 aliphatic heterocycles. The normalized spacial score (nSPS) is 12.3. The van der Waals surface area contributed by atoms with Gasteiger partial charge in [-0.05, 0) is 24.6 Å². The largest absolute Gasteiger partial charge is 0.383 e. The number of methoxy groups -OCH3 is 1. The van der Waals surface area contributed by atoms with Crippen LogP contribution in [0.3, 0.4) is 0 Å². The van der Waals surface area contributed by atoms with Crippen LogP contribution in [0.2, 0.25) is 0 Å².